The van der Waals surface area contributed by atoms with Gasteiger partial charge in [0.1, 0.15) is 0 Å². The Hall–Kier alpha value is -2.49. The number of rotatable bonds is 9. The molecule has 0 amide bonds. The van der Waals surface area contributed by atoms with Crippen LogP contribution in [0, 0.1) is 13.8 Å². The number of aryl methyl sites for hydroxylation is 1. The minimum absolute atomic E-state index is 0.144. The average Bonchev–Trinajstić information content (AvgIpc) is 3.40. The lowest BCUT2D eigenvalue weighted by Crippen LogP contribution is -2.27. The minimum Gasteiger partial charge on any atom is -0.454 e. The van der Waals surface area contributed by atoms with Gasteiger partial charge in [0.2, 0.25) is 15.8 Å². The first-order valence-electron chi connectivity index (χ1n) is 10.2. The van der Waals surface area contributed by atoms with Crippen LogP contribution in [0.3, 0.4) is 0 Å². The highest BCUT2D eigenvalue weighted by molar-refractivity contribution is 7.89. The molecule has 0 saturated carbocycles. The number of hydrogen-bond donors (Lipinski definition) is 0. The van der Waals surface area contributed by atoms with Crippen LogP contribution in [0.1, 0.15) is 44.9 Å². The maximum Gasteiger partial charge on any atom is 0.338 e. The molecule has 1 saturated heterocycles. The summed E-state index contributed by atoms with van der Waals surface area (Å²) in [7, 11) is -1.92. The first kappa shape index (κ1) is 23.2. The molecule has 1 aromatic heterocycles. The second kappa shape index (κ2) is 9.76. The summed E-state index contributed by atoms with van der Waals surface area (Å²) >= 11 is 0. The maximum atomic E-state index is 12.6. The summed E-state index contributed by atoms with van der Waals surface area (Å²) in [6.07, 6.45) is 1.71. The largest absolute Gasteiger partial charge is 0.454 e. The van der Waals surface area contributed by atoms with E-state index in [0.717, 1.165) is 24.2 Å². The van der Waals surface area contributed by atoms with Crippen LogP contribution in [0.2, 0.25) is 0 Å². The fourth-order valence-corrected chi connectivity index (χ4v) is 5.26. The Bertz CT molecular complexity index is 1050. The topological polar surface area (TPSA) is 94.9 Å². The van der Waals surface area contributed by atoms with Crippen molar-refractivity contribution in [2.45, 2.75) is 38.1 Å². The number of benzene rings is 1. The Kier molecular flexibility index (Phi) is 7.30. The molecule has 1 aliphatic rings. The SMILES string of the molecule is COCCn1c(C)cc(C(=O)COC(=O)c2ccc(S(=O)(=O)N3CCCC3)cc2)c1C. The number of esters is 1. The van der Waals surface area contributed by atoms with Gasteiger partial charge in [-0.1, -0.05) is 0 Å². The summed E-state index contributed by atoms with van der Waals surface area (Å²) in [5.41, 5.74) is 2.43. The van der Waals surface area contributed by atoms with E-state index in [1.54, 1.807) is 13.2 Å². The van der Waals surface area contributed by atoms with Crippen molar-refractivity contribution < 1.29 is 27.5 Å². The molecule has 0 N–H and O–H groups in total. The van der Waals surface area contributed by atoms with E-state index in [1.165, 1.54) is 28.6 Å². The molecule has 1 aliphatic heterocycles. The maximum absolute atomic E-state index is 12.6. The fourth-order valence-electron chi connectivity index (χ4n) is 3.74. The van der Waals surface area contributed by atoms with Gasteiger partial charge in [0.25, 0.3) is 0 Å². The van der Waals surface area contributed by atoms with E-state index in [1.807, 2.05) is 18.4 Å². The van der Waals surface area contributed by atoms with E-state index in [0.29, 0.717) is 31.8 Å². The Morgan fingerprint density at radius 2 is 1.71 bits per heavy atom. The zero-order valence-corrected chi connectivity index (χ0v) is 18.9. The molecule has 8 nitrogen and oxygen atoms in total. The predicted molar refractivity (Wildman–Crippen MR) is 115 cm³/mol. The van der Waals surface area contributed by atoms with Gasteiger partial charge in [-0.05, 0) is 57.0 Å². The molecular formula is C22H28N2O6S. The van der Waals surface area contributed by atoms with E-state index >= 15 is 0 Å². The van der Waals surface area contributed by atoms with Crippen LogP contribution in [0.4, 0.5) is 0 Å². The lowest BCUT2D eigenvalue weighted by atomic mass is 10.1. The zero-order valence-electron chi connectivity index (χ0n) is 18.1. The number of ether oxygens (including phenoxy) is 2. The van der Waals surface area contributed by atoms with Gasteiger partial charge in [-0.25, -0.2) is 13.2 Å². The number of sulfonamides is 1. The smallest absolute Gasteiger partial charge is 0.338 e. The Labute approximate surface area is 182 Å². The molecule has 31 heavy (non-hydrogen) atoms. The number of Topliss-reactive ketones (excluding diaryl/α,β-unsaturated/α-hetero) is 1. The van der Waals surface area contributed by atoms with Gasteiger partial charge in [-0.2, -0.15) is 4.31 Å². The average molecular weight is 449 g/mol. The summed E-state index contributed by atoms with van der Waals surface area (Å²) in [6.45, 7) is 5.55. The highest BCUT2D eigenvalue weighted by atomic mass is 32.2. The molecule has 2 aromatic rings. The number of aromatic nitrogens is 1. The number of methoxy groups -OCH3 is 1. The molecule has 1 aromatic carbocycles. The summed E-state index contributed by atoms with van der Waals surface area (Å²) in [6, 6.07) is 7.39. The van der Waals surface area contributed by atoms with E-state index in [4.69, 9.17) is 9.47 Å². The van der Waals surface area contributed by atoms with E-state index in [2.05, 4.69) is 0 Å². The van der Waals surface area contributed by atoms with Gasteiger partial charge < -0.3 is 14.0 Å². The number of nitrogens with zero attached hydrogens (tertiary/aromatic N) is 2. The van der Waals surface area contributed by atoms with Crippen LogP contribution < -0.4 is 0 Å². The summed E-state index contributed by atoms with van der Waals surface area (Å²) in [5.74, 6) is -0.968. The van der Waals surface area contributed by atoms with Crippen molar-refractivity contribution >= 4 is 21.8 Å². The number of carbonyl (C=O) groups is 2. The van der Waals surface area contributed by atoms with Crippen molar-refractivity contribution in [1.82, 2.24) is 8.87 Å². The second-order valence-electron chi connectivity index (χ2n) is 7.56. The number of carbonyl (C=O) groups excluding carboxylic acids is 2. The monoisotopic (exact) mass is 448 g/mol. The summed E-state index contributed by atoms with van der Waals surface area (Å²) in [4.78, 5) is 25.1. The van der Waals surface area contributed by atoms with E-state index in [-0.39, 0.29) is 22.8 Å². The molecule has 0 spiro atoms. The number of hydrogen-bond acceptors (Lipinski definition) is 6. The third kappa shape index (κ3) is 5.06. The third-order valence-electron chi connectivity index (χ3n) is 5.52. The van der Waals surface area contributed by atoms with Crippen molar-refractivity contribution in [2.75, 3.05) is 33.4 Å². The van der Waals surface area contributed by atoms with E-state index < -0.39 is 16.0 Å². The van der Waals surface area contributed by atoms with Crippen LogP contribution in [0.25, 0.3) is 0 Å². The van der Waals surface area contributed by atoms with Crippen LogP contribution in [0.15, 0.2) is 35.2 Å². The molecule has 0 aliphatic carbocycles. The molecule has 0 atom stereocenters. The molecule has 0 bridgehead atoms. The van der Waals surface area contributed by atoms with Crippen LogP contribution in [-0.2, 0) is 26.0 Å². The van der Waals surface area contributed by atoms with Crippen molar-refractivity contribution in [3.8, 4) is 0 Å². The summed E-state index contributed by atoms with van der Waals surface area (Å²) < 4.78 is 38.8. The lowest BCUT2D eigenvalue weighted by Gasteiger charge is -2.15. The first-order chi connectivity index (χ1) is 14.8. The van der Waals surface area contributed by atoms with Crippen LogP contribution >= 0.6 is 0 Å². The Morgan fingerprint density at radius 1 is 1.06 bits per heavy atom. The van der Waals surface area contributed by atoms with E-state index in [9.17, 15) is 18.0 Å². The van der Waals surface area contributed by atoms with Crippen molar-refractivity contribution in [3.05, 3.63) is 52.8 Å². The second-order valence-corrected chi connectivity index (χ2v) is 9.50. The van der Waals surface area contributed by atoms with Crippen LogP contribution in [-0.4, -0.2) is 62.5 Å². The molecule has 1 fully saturated rings. The molecule has 2 heterocycles. The van der Waals surface area contributed by atoms with Gasteiger partial charge in [0.05, 0.1) is 17.1 Å². The predicted octanol–water partition coefficient (Wildman–Crippen LogP) is 2.58. The normalized spacial score (nSPS) is 14.7. The van der Waals surface area contributed by atoms with Gasteiger partial charge in [-0.3, -0.25) is 4.79 Å². The first-order valence-corrected chi connectivity index (χ1v) is 11.7. The van der Waals surface area contributed by atoms with Crippen molar-refractivity contribution in [1.29, 1.82) is 0 Å². The van der Waals surface area contributed by atoms with Crippen molar-refractivity contribution in [3.63, 3.8) is 0 Å². The standard InChI is InChI=1S/C22H28N2O6S/c1-16-14-20(17(2)24(16)12-13-29-3)21(25)15-30-22(26)18-6-8-19(9-7-18)31(27,28)23-10-4-5-11-23/h6-9,14H,4-5,10-13,15H2,1-3H3. The molecule has 168 valence electrons. The lowest BCUT2D eigenvalue weighted by molar-refractivity contribution is 0.0474. The zero-order chi connectivity index (χ0) is 22.6. The van der Waals surface area contributed by atoms with Gasteiger partial charge in [0, 0.05) is 43.7 Å². The minimum atomic E-state index is -3.54. The quantitative estimate of drug-likeness (QED) is 0.432. The van der Waals surface area contributed by atoms with Gasteiger partial charge >= 0.3 is 5.97 Å². The molecular weight excluding hydrogens is 420 g/mol. The third-order valence-corrected chi connectivity index (χ3v) is 7.43. The number of ketones is 1. The Morgan fingerprint density at radius 3 is 2.32 bits per heavy atom. The molecule has 9 heteroatoms. The summed E-state index contributed by atoms with van der Waals surface area (Å²) in [5, 5.41) is 0. The van der Waals surface area contributed by atoms with Crippen molar-refractivity contribution in [2.24, 2.45) is 0 Å². The molecule has 0 radical (unpaired) electrons. The highest BCUT2D eigenvalue weighted by Gasteiger charge is 2.27. The Balaban J connectivity index is 1.63. The molecule has 0 unspecified atom stereocenters. The molecule has 3 rings (SSSR count). The van der Waals surface area contributed by atoms with Gasteiger partial charge in [0.15, 0.2) is 6.61 Å². The highest BCUT2D eigenvalue weighted by Crippen LogP contribution is 2.21. The fraction of sp³-hybridized carbons (Fsp3) is 0.455. The van der Waals surface area contributed by atoms with Gasteiger partial charge in [-0.15, -0.1) is 0 Å². The van der Waals surface area contributed by atoms with Crippen LogP contribution in [0.5, 0.6) is 0 Å².